The van der Waals surface area contributed by atoms with Gasteiger partial charge < -0.3 is 10.1 Å². The van der Waals surface area contributed by atoms with Crippen LogP contribution in [-0.4, -0.2) is 31.7 Å². The van der Waals surface area contributed by atoms with Crippen LogP contribution in [0, 0.1) is 5.92 Å². The van der Waals surface area contributed by atoms with Gasteiger partial charge in [0.1, 0.15) is 5.75 Å². The summed E-state index contributed by atoms with van der Waals surface area (Å²) in [5.41, 5.74) is 3.26. The highest BCUT2D eigenvalue weighted by atomic mass is 16.5. The van der Waals surface area contributed by atoms with Crippen molar-refractivity contribution in [3.8, 4) is 5.75 Å². The van der Waals surface area contributed by atoms with Crippen LogP contribution in [0.15, 0.2) is 41.5 Å². The summed E-state index contributed by atoms with van der Waals surface area (Å²) in [5, 5.41) is 8.79. The van der Waals surface area contributed by atoms with Crippen LogP contribution < -0.4 is 15.5 Å². The van der Waals surface area contributed by atoms with Gasteiger partial charge in [0.25, 0.3) is 5.91 Å². The van der Waals surface area contributed by atoms with Crippen LogP contribution in [0.5, 0.6) is 5.75 Å². The minimum atomic E-state index is -0.352. The lowest BCUT2D eigenvalue weighted by Crippen LogP contribution is -2.38. The number of carbonyl (C=O) groups excluding carboxylic acids is 2. The van der Waals surface area contributed by atoms with Crippen molar-refractivity contribution in [2.45, 2.75) is 32.1 Å². The molecular weight excluding hydrogens is 342 g/mol. The van der Waals surface area contributed by atoms with Gasteiger partial charge in [-0.3, -0.25) is 9.59 Å². The van der Waals surface area contributed by atoms with E-state index >= 15 is 0 Å². The summed E-state index contributed by atoms with van der Waals surface area (Å²) in [6.45, 7) is -0.0701. The van der Waals surface area contributed by atoms with Crippen molar-refractivity contribution in [2.75, 3.05) is 13.7 Å². The fraction of sp³-hybridized carbons (Fsp3) is 0.381. The molecule has 0 radical (unpaired) electrons. The molecule has 0 bridgehead atoms. The van der Waals surface area contributed by atoms with E-state index in [4.69, 9.17) is 4.74 Å². The van der Waals surface area contributed by atoms with Crippen LogP contribution in [0.25, 0.3) is 10.8 Å². The molecule has 1 aliphatic carbocycles. The molecule has 6 nitrogen and oxygen atoms in total. The lowest BCUT2D eigenvalue weighted by atomic mass is 9.89. The predicted molar refractivity (Wildman–Crippen MR) is 106 cm³/mol. The van der Waals surface area contributed by atoms with Gasteiger partial charge in [0.2, 0.25) is 5.91 Å². The van der Waals surface area contributed by atoms with Crippen LogP contribution in [-0.2, 0) is 9.59 Å². The lowest BCUT2D eigenvalue weighted by Gasteiger charge is -2.20. The molecule has 142 valence electrons. The number of carbonyl (C=O) groups is 2. The number of nitrogens with one attached hydrogen (secondary N) is 2. The van der Waals surface area contributed by atoms with Crippen LogP contribution in [0.3, 0.4) is 0 Å². The molecule has 1 aliphatic rings. The predicted octanol–water partition coefficient (Wildman–Crippen LogP) is 3.00. The molecule has 1 fully saturated rings. The van der Waals surface area contributed by atoms with Crippen molar-refractivity contribution in [3.05, 3.63) is 42.0 Å². The molecule has 2 N–H and O–H groups in total. The Hall–Kier alpha value is -2.89. The summed E-state index contributed by atoms with van der Waals surface area (Å²) in [6, 6.07) is 11.7. The van der Waals surface area contributed by atoms with Gasteiger partial charge in [0.05, 0.1) is 19.9 Å². The quantitative estimate of drug-likeness (QED) is 0.608. The molecule has 0 atom stereocenters. The molecule has 6 heteroatoms. The van der Waals surface area contributed by atoms with E-state index in [0.29, 0.717) is 5.75 Å². The first-order valence-corrected chi connectivity index (χ1v) is 9.34. The molecule has 2 aromatic carbocycles. The Morgan fingerprint density at radius 3 is 2.70 bits per heavy atom. The number of rotatable bonds is 6. The van der Waals surface area contributed by atoms with E-state index in [2.05, 4.69) is 15.8 Å². The molecule has 0 unspecified atom stereocenters. The molecule has 0 spiro atoms. The van der Waals surface area contributed by atoms with Gasteiger partial charge in [0, 0.05) is 11.5 Å². The van der Waals surface area contributed by atoms with Crippen LogP contribution in [0.2, 0.25) is 0 Å². The van der Waals surface area contributed by atoms with Crippen molar-refractivity contribution in [1.29, 1.82) is 0 Å². The van der Waals surface area contributed by atoms with Gasteiger partial charge in [-0.2, -0.15) is 5.10 Å². The van der Waals surface area contributed by atoms with E-state index in [1.807, 2.05) is 36.4 Å². The second kappa shape index (κ2) is 9.16. The van der Waals surface area contributed by atoms with Crippen molar-refractivity contribution >= 4 is 28.8 Å². The molecule has 2 aromatic rings. The minimum absolute atomic E-state index is 0.0370. The summed E-state index contributed by atoms with van der Waals surface area (Å²) >= 11 is 0. The zero-order valence-corrected chi connectivity index (χ0v) is 15.5. The highest BCUT2D eigenvalue weighted by molar-refractivity contribution is 6.02. The standard InChI is InChI=1S/C21H25N3O3/c1-27-19-12-11-15-7-5-6-10-17(15)18(19)13-23-24-20(25)14-22-21(26)16-8-3-2-4-9-16/h5-7,10-13,16H,2-4,8-9,14H2,1H3,(H,22,26)(H,24,25)/b23-13+. The Bertz CT molecular complexity index is 842. The van der Waals surface area contributed by atoms with E-state index in [1.54, 1.807) is 13.3 Å². The largest absolute Gasteiger partial charge is 0.496 e. The second-order valence-electron chi connectivity index (χ2n) is 6.75. The summed E-state index contributed by atoms with van der Waals surface area (Å²) in [7, 11) is 1.60. The van der Waals surface area contributed by atoms with Gasteiger partial charge in [-0.1, -0.05) is 49.6 Å². The van der Waals surface area contributed by atoms with Crippen molar-refractivity contribution < 1.29 is 14.3 Å². The molecule has 27 heavy (non-hydrogen) atoms. The summed E-state index contributed by atoms with van der Waals surface area (Å²) in [4.78, 5) is 24.0. The second-order valence-corrected chi connectivity index (χ2v) is 6.75. The Kier molecular flexibility index (Phi) is 6.41. The smallest absolute Gasteiger partial charge is 0.259 e. The van der Waals surface area contributed by atoms with E-state index in [0.717, 1.165) is 42.0 Å². The van der Waals surface area contributed by atoms with E-state index < -0.39 is 0 Å². The third-order valence-corrected chi connectivity index (χ3v) is 4.93. The summed E-state index contributed by atoms with van der Waals surface area (Å²) in [5.74, 6) is 0.325. The van der Waals surface area contributed by atoms with Crippen LogP contribution >= 0.6 is 0 Å². The zero-order valence-electron chi connectivity index (χ0n) is 15.5. The number of hydrogen-bond donors (Lipinski definition) is 2. The fourth-order valence-corrected chi connectivity index (χ4v) is 3.47. The number of hydrogen-bond acceptors (Lipinski definition) is 4. The Balaban J connectivity index is 1.58. The summed E-state index contributed by atoms with van der Waals surface area (Å²) < 4.78 is 5.40. The van der Waals surface area contributed by atoms with E-state index in [9.17, 15) is 9.59 Å². The number of amides is 2. The molecule has 2 amide bonds. The maximum absolute atomic E-state index is 12.1. The minimum Gasteiger partial charge on any atom is -0.496 e. The Morgan fingerprint density at radius 1 is 1.15 bits per heavy atom. The topological polar surface area (TPSA) is 79.8 Å². The Labute approximate surface area is 159 Å². The van der Waals surface area contributed by atoms with Gasteiger partial charge in [0.15, 0.2) is 0 Å². The normalized spacial score (nSPS) is 15.0. The first-order valence-electron chi connectivity index (χ1n) is 9.34. The first kappa shape index (κ1) is 18.9. The van der Waals surface area contributed by atoms with Crippen molar-refractivity contribution in [3.63, 3.8) is 0 Å². The molecule has 0 aliphatic heterocycles. The third kappa shape index (κ3) is 4.84. The number of ether oxygens (including phenoxy) is 1. The third-order valence-electron chi connectivity index (χ3n) is 4.93. The van der Waals surface area contributed by atoms with Gasteiger partial charge in [-0.05, 0) is 29.7 Å². The maximum atomic E-state index is 12.1. The molecule has 1 saturated carbocycles. The first-order chi connectivity index (χ1) is 13.2. The number of fused-ring (bicyclic) bond motifs is 1. The highest BCUT2D eigenvalue weighted by Crippen LogP contribution is 2.26. The Morgan fingerprint density at radius 2 is 1.93 bits per heavy atom. The molecular formula is C21H25N3O3. The van der Waals surface area contributed by atoms with E-state index in [-0.39, 0.29) is 24.3 Å². The summed E-state index contributed by atoms with van der Waals surface area (Å²) in [6.07, 6.45) is 6.75. The van der Waals surface area contributed by atoms with Crippen LogP contribution in [0.4, 0.5) is 0 Å². The van der Waals surface area contributed by atoms with Gasteiger partial charge in [-0.25, -0.2) is 5.43 Å². The van der Waals surface area contributed by atoms with Crippen molar-refractivity contribution in [1.82, 2.24) is 10.7 Å². The SMILES string of the molecule is COc1ccc2ccccc2c1/C=N/NC(=O)CNC(=O)C1CCCCC1. The van der Waals surface area contributed by atoms with E-state index in [1.165, 1.54) is 6.42 Å². The van der Waals surface area contributed by atoms with Crippen molar-refractivity contribution in [2.24, 2.45) is 11.0 Å². The average molecular weight is 367 g/mol. The lowest BCUT2D eigenvalue weighted by molar-refractivity contribution is -0.129. The maximum Gasteiger partial charge on any atom is 0.259 e. The highest BCUT2D eigenvalue weighted by Gasteiger charge is 2.21. The van der Waals surface area contributed by atoms with Gasteiger partial charge >= 0.3 is 0 Å². The number of methoxy groups -OCH3 is 1. The van der Waals surface area contributed by atoms with Gasteiger partial charge in [-0.15, -0.1) is 0 Å². The molecule has 0 saturated heterocycles. The molecule has 0 heterocycles. The average Bonchev–Trinajstić information content (AvgIpc) is 2.72. The number of nitrogens with zero attached hydrogens (tertiary/aromatic N) is 1. The number of benzene rings is 2. The van der Waals surface area contributed by atoms with Crippen LogP contribution in [0.1, 0.15) is 37.7 Å². The number of hydrazone groups is 1. The monoisotopic (exact) mass is 367 g/mol. The molecule has 3 rings (SSSR count). The fourth-order valence-electron chi connectivity index (χ4n) is 3.47. The molecule has 0 aromatic heterocycles. The zero-order chi connectivity index (χ0) is 19.1.